The molecule has 302 valence electrons. The first-order chi connectivity index (χ1) is 29.1. The fourth-order valence-corrected chi connectivity index (χ4v) is 9.16. The number of nitrogens with one attached hydrogen (secondary N) is 3. The summed E-state index contributed by atoms with van der Waals surface area (Å²) < 4.78 is 32.3. The average molecular weight is 869 g/mol. The molecule has 0 radical (unpaired) electrons. The first kappa shape index (κ1) is 37.6. The van der Waals surface area contributed by atoms with Gasteiger partial charge in [-0.15, -0.1) is 0 Å². The van der Waals surface area contributed by atoms with Gasteiger partial charge in [-0.3, -0.25) is 14.4 Å². The number of fused-ring (bicyclic) bond motifs is 5. The number of anilines is 1. The van der Waals surface area contributed by atoms with Gasteiger partial charge in [-0.1, -0.05) is 80.6 Å². The van der Waals surface area contributed by atoms with E-state index in [1.807, 2.05) is 86.6 Å². The van der Waals surface area contributed by atoms with Crippen LogP contribution in [-0.2, 0) is 37.6 Å². The molecule has 0 fully saturated rings. The molecule has 3 aromatic heterocycles. The lowest BCUT2D eigenvalue weighted by Crippen LogP contribution is -2.40. The van der Waals surface area contributed by atoms with Gasteiger partial charge in [-0.25, -0.2) is 9.97 Å². The molecule has 3 aliphatic rings. The van der Waals surface area contributed by atoms with E-state index in [0.717, 1.165) is 37.8 Å². The predicted molar refractivity (Wildman–Crippen MR) is 223 cm³/mol. The van der Waals surface area contributed by atoms with Crippen LogP contribution < -0.4 is 20.1 Å². The van der Waals surface area contributed by atoms with E-state index in [2.05, 4.69) is 31.5 Å². The van der Waals surface area contributed by atoms with Crippen molar-refractivity contribution in [2.45, 2.75) is 57.9 Å². The van der Waals surface area contributed by atoms with Crippen LogP contribution in [0.4, 0.5) is 5.69 Å². The summed E-state index contributed by atoms with van der Waals surface area (Å²) in [5.74, 6) is 0.0952. The predicted octanol–water partition coefficient (Wildman–Crippen LogP) is 8.76. The molecule has 14 heteroatoms. The molecule has 10 rings (SSSR count). The number of H-pyrrole nitrogens is 1. The summed E-state index contributed by atoms with van der Waals surface area (Å²) in [5, 5.41) is 7.57. The highest BCUT2D eigenvalue weighted by molar-refractivity contribution is 9.10. The third-order valence-electron chi connectivity index (χ3n) is 11.5. The second-order valence-corrected chi connectivity index (χ2v) is 16.5. The number of carbonyl (C=O) groups excluding carboxylic acids is 3. The van der Waals surface area contributed by atoms with E-state index in [1.54, 1.807) is 24.5 Å². The fraction of sp³-hybridized carbons (Fsp3) is 0.239. The van der Waals surface area contributed by atoms with E-state index in [4.69, 9.17) is 33.0 Å². The summed E-state index contributed by atoms with van der Waals surface area (Å²) in [7, 11) is 0. The number of hydrogen-bond acceptors (Lipinski definition) is 11. The number of aromatic amines is 1. The Morgan fingerprint density at radius 3 is 2.63 bits per heavy atom. The molecule has 4 bridgehead atoms. The molecule has 1 spiro atoms. The van der Waals surface area contributed by atoms with Gasteiger partial charge in [-0.05, 0) is 57.6 Å². The molecule has 7 aromatic rings. The molecule has 1 unspecified atom stereocenters. The lowest BCUT2D eigenvalue weighted by molar-refractivity contribution is -0.148. The first-order valence-electron chi connectivity index (χ1n) is 19.7. The van der Waals surface area contributed by atoms with E-state index >= 15 is 0 Å². The number of esters is 2. The molecule has 0 saturated heterocycles. The molecule has 4 aromatic carbocycles. The van der Waals surface area contributed by atoms with Crippen molar-refractivity contribution in [3.8, 4) is 34.4 Å². The second kappa shape index (κ2) is 14.6. The number of amides is 1. The molecule has 4 atom stereocenters. The fourth-order valence-electron chi connectivity index (χ4n) is 8.68. The number of halogens is 1. The minimum Gasteiger partial charge on any atom is -0.469 e. The minimum atomic E-state index is -1.10. The Hall–Kier alpha value is -6.67. The standard InChI is InChI=1S/C46H38BrN5O8/c1-23(2)37-44-51-40(43-49-21-35(58-43)29-20-48-38-28(29)11-7-14-34(38)57-24(3)53)41(60-44)46-30-12-8-13-32(47)39(30)52-45(46)59-33-16-15-26(18-31(33)46)17-27(42(55)50-37)19-36(54)56-22-25-9-5-4-6-10-25/h4-16,18,20-21,23,27,37,45,48,52H,17,19,22H2,1-3H3,(H,50,55)/t27-,37+,45+,46?/m1/s1. The summed E-state index contributed by atoms with van der Waals surface area (Å²) >= 11 is 3.76. The summed E-state index contributed by atoms with van der Waals surface area (Å²) in [4.78, 5) is 52.8. The molecule has 3 N–H and O–H groups in total. The maximum Gasteiger partial charge on any atom is 0.308 e. The number of oxazole rings is 2. The van der Waals surface area contributed by atoms with E-state index in [9.17, 15) is 14.4 Å². The molecule has 0 saturated carbocycles. The quantitative estimate of drug-likeness (QED) is 0.0986. The molecular weight excluding hydrogens is 830 g/mol. The Balaban J connectivity index is 1.12. The summed E-state index contributed by atoms with van der Waals surface area (Å²) in [6.45, 7) is 5.40. The van der Waals surface area contributed by atoms with Crippen molar-refractivity contribution in [2.75, 3.05) is 5.32 Å². The lowest BCUT2D eigenvalue weighted by atomic mass is 9.72. The van der Waals surface area contributed by atoms with Crippen molar-refractivity contribution in [1.82, 2.24) is 20.3 Å². The van der Waals surface area contributed by atoms with Gasteiger partial charge in [-0.2, -0.15) is 0 Å². The third kappa shape index (κ3) is 6.16. The van der Waals surface area contributed by atoms with Crippen molar-refractivity contribution >= 4 is 50.4 Å². The van der Waals surface area contributed by atoms with Gasteiger partial charge in [0, 0.05) is 39.7 Å². The van der Waals surface area contributed by atoms with Crippen LogP contribution in [0.1, 0.15) is 67.1 Å². The van der Waals surface area contributed by atoms with Crippen molar-refractivity contribution in [3.05, 3.63) is 136 Å². The van der Waals surface area contributed by atoms with E-state index in [-0.39, 0.29) is 43.1 Å². The van der Waals surface area contributed by atoms with Crippen molar-refractivity contribution in [2.24, 2.45) is 11.8 Å². The van der Waals surface area contributed by atoms with Crippen LogP contribution in [0.25, 0.3) is 33.8 Å². The Kier molecular flexibility index (Phi) is 9.12. The molecule has 13 nitrogen and oxygen atoms in total. The number of nitrogens with zero attached hydrogens (tertiary/aromatic N) is 2. The van der Waals surface area contributed by atoms with E-state index in [0.29, 0.717) is 39.8 Å². The monoisotopic (exact) mass is 867 g/mol. The maximum absolute atomic E-state index is 14.4. The Bertz CT molecular complexity index is 2850. The lowest BCUT2D eigenvalue weighted by Gasteiger charge is -2.28. The zero-order chi connectivity index (χ0) is 41.3. The number of aromatic nitrogens is 3. The minimum absolute atomic E-state index is 0.102. The van der Waals surface area contributed by atoms with Gasteiger partial charge >= 0.3 is 11.9 Å². The van der Waals surface area contributed by atoms with Gasteiger partial charge in [0.25, 0.3) is 0 Å². The number of para-hydroxylation sites is 2. The number of ether oxygens (including phenoxy) is 3. The average Bonchev–Trinajstić information content (AvgIpc) is 4.06. The van der Waals surface area contributed by atoms with Crippen LogP contribution >= 0.6 is 15.9 Å². The van der Waals surface area contributed by atoms with Crippen LogP contribution in [0.15, 0.2) is 111 Å². The SMILES string of the molecule is CC(=O)Oc1cccc2c(-c3cnc(-c4nc5oc4C46c7cc(ccc7O[C@@H]4Nc4c(Br)cccc46)C[C@H](CC(=O)OCc4ccccc4)C(=O)N[C@H]5C(C)C)o3)c[nH]c12. The molecule has 3 aliphatic heterocycles. The molecule has 6 heterocycles. The topological polar surface area (TPSA) is 171 Å². The van der Waals surface area contributed by atoms with E-state index in [1.165, 1.54) is 6.92 Å². The number of rotatable bonds is 8. The van der Waals surface area contributed by atoms with E-state index < -0.39 is 35.5 Å². The normalized spacial score (nSPS) is 20.0. The highest BCUT2D eigenvalue weighted by Gasteiger charge is 2.61. The largest absolute Gasteiger partial charge is 0.469 e. The molecule has 1 amide bonds. The summed E-state index contributed by atoms with van der Waals surface area (Å²) in [6, 6.07) is 26.0. The zero-order valence-corrected chi connectivity index (χ0v) is 34.3. The Morgan fingerprint density at radius 1 is 0.983 bits per heavy atom. The van der Waals surface area contributed by atoms with Crippen LogP contribution in [0.2, 0.25) is 0 Å². The Morgan fingerprint density at radius 2 is 1.82 bits per heavy atom. The number of carbonyl (C=O) groups is 3. The van der Waals surface area contributed by atoms with Gasteiger partial charge in [0.1, 0.15) is 23.8 Å². The van der Waals surface area contributed by atoms with Crippen molar-refractivity contribution in [3.63, 3.8) is 0 Å². The van der Waals surface area contributed by atoms with Gasteiger partial charge in [0.2, 0.25) is 17.7 Å². The van der Waals surface area contributed by atoms with Crippen LogP contribution in [-0.4, -0.2) is 39.0 Å². The molecule has 60 heavy (non-hydrogen) atoms. The van der Waals surface area contributed by atoms with Gasteiger partial charge in [0.05, 0.1) is 29.7 Å². The van der Waals surface area contributed by atoms with Crippen LogP contribution in [0.3, 0.4) is 0 Å². The van der Waals surface area contributed by atoms with Crippen molar-refractivity contribution < 1.29 is 37.4 Å². The Labute approximate surface area is 352 Å². The summed E-state index contributed by atoms with van der Waals surface area (Å²) in [6.07, 6.45) is 2.85. The van der Waals surface area contributed by atoms with Gasteiger partial charge in [0.15, 0.2) is 29.2 Å². The smallest absolute Gasteiger partial charge is 0.308 e. The zero-order valence-electron chi connectivity index (χ0n) is 32.7. The maximum atomic E-state index is 14.4. The highest BCUT2D eigenvalue weighted by Crippen LogP contribution is 2.60. The van der Waals surface area contributed by atoms with Crippen LogP contribution in [0.5, 0.6) is 11.5 Å². The number of hydrogen-bond donors (Lipinski definition) is 3. The van der Waals surface area contributed by atoms with Crippen LogP contribution in [0, 0.1) is 11.8 Å². The number of benzene rings is 4. The molecule has 0 aliphatic carbocycles. The third-order valence-corrected chi connectivity index (χ3v) is 12.1. The van der Waals surface area contributed by atoms with Gasteiger partial charge < -0.3 is 38.7 Å². The molecular formula is C46H38BrN5O8. The second-order valence-electron chi connectivity index (χ2n) is 15.7. The first-order valence-corrected chi connectivity index (χ1v) is 20.5. The van der Waals surface area contributed by atoms with Crippen molar-refractivity contribution in [1.29, 1.82) is 0 Å². The summed E-state index contributed by atoms with van der Waals surface area (Å²) in [5.41, 5.74) is 4.74. The highest BCUT2D eigenvalue weighted by atomic mass is 79.9.